The van der Waals surface area contributed by atoms with Crippen LogP contribution in [0.3, 0.4) is 0 Å². The van der Waals surface area contributed by atoms with Gasteiger partial charge >= 0.3 is 5.97 Å². The Morgan fingerprint density at radius 1 is 1.35 bits per heavy atom. The highest BCUT2D eigenvalue weighted by atomic mass is 16.5. The Kier molecular flexibility index (Phi) is 4.54. The average molecular weight is 241 g/mol. The molecule has 1 saturated heterocycles. The molecule has 0 radical (unpaired) electrons. The summed E-state index contributed by atoms with van der Waals surface area (Å²) < 4.78 is 5.02. The number of ether oxygens (including phenoxy) is 1. The molecule has 1 amide bonds. The second-order valence-corrected chi connectivity index (χ2v) is 5.15. The van der Waals surface area contributed by atoms with E-state index in [-0.39, 0.29) is 17.9 Å². The first-order valence-corrected chi connectivity index (χ1v) is 6.41. The third-order valence-electron chi connectivity index (χ3n) is 3.54. The van der Waals surface area contributed by atoms with Gasteiger partial charge in [0.2, 0.25) is 5.91 Å². The maximum Gasteiger partial charge on any atom is 0.328 e. The monoisotopic (exact) mass is 241 g/mol. The summed E-state index contributed by atoms with van der Waals surface area (Å²) in [5.74, 6) is -0.194. The smallest absolute Gasteiger partial charge is 0.328 e. The van der Waals surface area contributed by atoms with Crippen LogP contribution >= 0.6 is 0 Å². The molecule has 0 aromatic carbocycles. The maximum absolute atomic E-state index is 12.3. The van der Waals surface area contributed by atoms with Gasteiger partial charge in [-0.25, -0.2) is 4.79 Å². The lowest BCUT2D eigenvalue weighted by molar-refractivity contribution is -0.156. The van der Waals surface area contributed by atoms with E-state index in [0.717, 1.165) is 19.3 Å². The van der Waals surface area contributed by atoms with Crippen LogP contribution in [0.1, 0.15) is 47.0 Å². The van der Waals surface area contributed by atoms with E-state index in [1.165, 1.54) is 0 Å². The number of esters is 1. The van der Waals surface area contributed by atoms with Crippen molar-refractivity contribution in [3.8, 4) is 0 Å². The molecule has 0 bridgehead atoms. The first-order chi connectivity index (χ1) is 7.94. The molecular formula is C13H23NO3. The third-order valence-corrected chi connectivity index (χ3v) is 3.54. The van der Waals surface area contributed by atoms with E-state index in [0.29, 0.717) is 13.2 Å². The summed E-state index contributed by atoms with van der Waals surface area (Å²) in [5, 5.41) is 0. The van der Waals surface area contributed by atoms with Crippen LogP contribution in [-0.4, -0.2) is 36.0 Å². The van der Waals surface area contributed by atoms with Crippen LogP contribution in [0, 0.1) is 5.41 Å². The Balaban J connectivity index is 2.76. The molecule has 1 rings (SSSR count). The van der Waals surface area contributed by atoms with Gasteiger partial charge in [0.15, 0.2) is 0 Å². The van der Waals surface area contributed by atoms with Gasteiger partial charge in [-0.3, -0.25) is 4.79 Å². The van der Waals surface area contributed by atoms with E-state index in [4.69, 9.17) is 4.74 Å². The number of hydrogen-bond acceptors (Lipinski definition) is 3. The van der Waals surface area contributed by atoms with Crippen molar-refractivity contribution < 1.29 is 14.3 Å². The molecule has 1 heterocycles. The van der Waals surface area contributed by atoms with Crippen molar-refractivity contribution in [1.82, 2.24) is 4.90 Å². The Hall–Kier alpha value is -1.06. The first kappa shape index (κ1) is 14.0. The number of likely N-dealkylation sites (tertiary alicyclic amines) is 1. The molecule has 0 spiro atoms. The lowest BCUT2D eigenvalue weighted by atomic mass is 9.88. The third kappa shape index (κ3) is 2.99. The van der Waals surface area contributed by atoms with Crippen LogP contribution in [0.4, 0.5) is 0 Å². The number of hydrogen-bond donors (Lipinski definition) is 0. The molecule has 98 valence electrons. The lowest BCUT2D eigenvalue weighted by Gasteiger charge is -2.31. The molecule has 0 aliphatic carbocycles. The summed E-state index contributed by atoms with van der Waals surface area (Å²) in [6.45, 7) is 8.67. The van der Waals surface area contributed by atoms with Crippen molar-refractivity contribution in [1.29, 1.82) is 0 Å². The number of rotatable bonds is 4. The maximum atomic E-state index is 12.3. The molecule has 1 aliphatic heterocycles. The zero-order valence-corrected chi connectivity index (χ0v) is 11.3. The minimum Gasteiger partial charge on any atom is -0.464 e. The lowest BCUT2D eigenvalue weighted by Crippen LogP contribution is -2.47. The minimum atomic E-state index is -0.394. The fourth-order valence-corrected chi connectivity index (χ4v) is 2.03. The molecule has 17 heavy (non-hydrogen) atoms. The van der Waals surface area contributed by atoms with E-state index in [2.05, 4.69) is 0 Å². The fraction of sp³-hybridized carbons (Fsp3) is 0.846. The minimum absolute atomic E-state index is 0.0653. The standard InChI is InChI=1S/C13H23NO3/c1-5-13(3,4)12(16)14-9-7-8-10(14)11(15)17-6-2/h10H,5-9H2,1-4H3. The predicted molar refractivity (Wildman–Crippen MR) is 65.4 cm³/mol. The van der Waals surface area contributed by atoms with Crippen LogP contribution in [0.15, 0.2) is 0 Å². The quantitative estimate of drug-likeness (QED) is 0.707. The Bertz CT molecular complexity index is 299. The normalized spacial score (nSPS) is 20.5. The van der Waals surface area contributed by atoms with E-state index in [1.807, 2.05) is 20.8 Å². The Morgan fingerprint density at radius 3 is 2.53 bits per heavy atom. The van der Waals surface area contributed by atoms with Gasteiger partial charge in [-0.2, -0.15) is 0 Å². The Labute approximate surface area is 103 Å². The molecule has 0 aromatic heterocycles. The van der Waals surface area contributed by atoms with Crippen molar-refractivity contribution in [2.75, 3.05) is 13.2 Å². The highest BCUT2D eigenvalue weighted by molar-refractivity contribution is 5.88. The topological polar surface area (TPSA) is 46.6 Å². The van der Waals surface area contributed by atoms with Gasteiger partial charge in [0.05, 0.1) is 6.61 Å². The molecule has 1 atom stereocenters. The van der Waals surface area contributed by atoms with Crippen molar-refractivity contribution in [3.05, 3.63) is 0 Å². The molecule has 1 unspecified atom stereocenters. The van der Waals surface area contributed by atoms with Gasteiger partial charge in [-0.1, -0.05) is 20.8 Å². The molecular weight excluding hydrogens is 218 g/mol. The molecule has 1 aliphatic rings. The van der Waals surface area contributed by atoms with Gasteiger partial charge in [0, 0.05) is 12.0 Å². The van der Waals surface area contributed by atoms with E-state index in [1.54, 1.807) is 11.8 Å². The molecule has 0 aromatic rings. The van der Waals surface area contributed by atoms with E-state index >= 15 is 0 Å². The predicted octanol–water partition coefficient (Wildman–Crippen LogP) is 1.98. The van der Waals surface area contributed by atoms with Crippen LogP contribution in [0.2, 0.25) is 0 Å². The van der Waals surface area contributed by atoms with Gasteiger partial charge in [-0.15, -0.1) is 0 Å². The highest BCUT2D eigenvalue weighted by Crippen LogP contribution is 2.28. The summed E-state index contributed by atoms with van der Waals surface area (Å²) >= 11 is 0. The molecule has 0 saturated carbocycles. The van der Waals surface area contributed by atoms with Crippen LogP contribution in [0.25, 0.3) is 0 Å². The summed E-state index contributed by atoms with van der Waals surface area (Å²) in [6, 6.07) is -0.367. The van der Waals surface area contributed by atoms with Crippen LogP contribution in [0.5, 0.6) is 0 Å². The Morgan fingerprint density at radius 2 is 2.00 bits per heavy atom. The molecule has 0 N–H and O–H groups in total. The average Bonchev–Trinajstić information content (AvgIpc) is 2.77. The van der Waals surface area contributed by atoms with Gasteiger partial charge in [0.1, 0.15) is 6.04 Å². The number of amides is 1. The van der Waals surface area contributed by atoms with Crippen LogP contribution < -0.4 is 0 Å². The first-order valence-electron chi connectivity index (χ1n) is 6.41. The van der Waals surface area contributed by atoms with E-state index in [9.17, 15) is 9.59 Å². The van der Waals surface area contributed by atoms with Crippen molar-refractivity contribution in [2.45, 2.75) is 53.0 Å². The zero-order chi connectivity index (χ0) is 13.1. The number of carbonyl (C=O) groups excluding carboxylic acids is 2. The van der Waals surface area contributed by atoms with E-state index < -0.39 is 5.41 Å². The highest BCUT2D eigenvalue weighted by Gasteiger charge is 2.40. The largest absolute Gasteiger partial charge is 0.464 e. The number of nitrogens with zero attached hydrogens (tertiary/aromatic N) is 1. The van der Waals surface area contributed by atoms with Gasteiger partial charge in [-0.05, 0) is 26.2 Å². The SMILES string of the molecule is CCOC(=O)C1CCCN1C(=O)C(C)(C)CC. The fourth-order valence-electron chi connectivity index (χ4n) is 2.03. The van der Waals surface area contributed by atoms with Crippen molar-refractivity contribution >= 4 is 11.9 Å². The molecule has 4 nitrogen and oxygen atoms in total. The van der Waals surface area contributed by atoms with Crippen molar-refractivity contribution in [2.24, 2.45) is 5.41 Å². The van der Waals surface area contributed by atoms with Gasteiger partial charge in [0.25, 0.3) is 0 Å². The summed E-state index contributed by atoms with van der Waals surface area (Å²) in [5.41, 5.74) is -0.394. The summed E-state index contributed by atoms with van der Waals surface area (Å²) in [7, 11) is 0. The molecule has 4 heteroatoms. The van der Waals surface area contributed by atoms with Gasteiger partial charge < -0.3 is 9.64 Å². The van der Waals surface area contributed by atoms with Crippen molar-refractivity contribution in [3.63, 3.8) is 0 Å². The van der Waals surface area contributed by atoms with Crippen LogP contribution in [-0.2, 0) is 14.3 Å². The number of carbonyl (C=O) groups is 2. The molecule has 1 fully saturated rings. The second kappa shape index (κ2) is 5.52. The summed E-state index contributed by atoms with van der Waals surface area (Å²) in [4.78, 5) is 25.8. The second-order valence-electron chi connectivity index (χ2n) is 5.15. The summed E-state index contributed by atoms with van der Waals surface area (Å²) in [6.07, 6.45) is 2.39. The zero-order valence-electron chi connectivity index (χ0n) is 11.3.